The van der Waals surface area contributed by atoms with Gasteiger partial charge in [-0.3, -0.25) is 0 Å². The van der Waals surface area contributed by atoms with Crippen LogP contribution in [-0.2, 0) is 23.2 Å². The second kappa shape index (κ2) is 5.74. The van der Waals surface area contributed by atoms with Crippen LogP contribution in [0.5, 0.6) is 0 Å². The molecule has 2 aliphatic rings. The average molecular weight is 348 g/mol. The molecule has 0 fully saturated rings. The number of fused-ring (bicyclic) bond motifs is 1. The van der Waals surface area contributed by atoms with E-state index in [9.17, 15) is 0 Å². The van der Waals surface area contributed by atoms with Gasteiger partial charge in [0, 0.05) is 0 Å². The average Bonchev–Trinajstić information content (AvgIpc) is 3.17. The summed E-state index contributed by atoms with van der Waals surface area (Å²) in [4.78, 5) is 0. The zero-order valence-corrected chi connectivity index (χ0v) is 14.2. The fraction of sp³-hybridized carbons (Fsp3) is 0.100. The van der Waals surface area contributed by atoms with Crippen LogP contribution in [0.1, 0.15) is 26.7 Å². The van der Waals surface area contributed by atoms with Crippen molar-refractivity contribution in [2.45, 2.75) is 10.0 Å². The summed E-state index contributed by atoms with van der Waals surface area (Å²) in [6, 6.07) is 19.8. The second-order valence-corrected chi connectivity index (χ2v) is 9.20. The minimum absolute atomic E-state index is 0.627. The van der Waals surface area contributed by atoms with E-state index in [4.69, 9.17) is 0 Å². The van der Waals surface area contributed by atoms with Gasteiger partial charge < -0.3 is 0 Å². The first kappa shape index (κ1) is 13.2. The molecule has 1 heteroatoms. The molecule has 1 atom stereocenters. The Hall–Kier alpha value is -1.46. The van der Waals surface area contributed by atoms with E-state index in [1.54, 1.807) is 8.84 Å². The minimum atomic E-state index is -0.627. The molecule has 0 aromatic heterocycles. The Labute approximate surface area is 137 Å². The van der Waals surface area contributed by atoms with Gasteiger partial charge in [-0.15, -0.1) is 0 Å². The van der Waals surface area contributed by atoms with Gasteiger partial charge in [0.25, 0.3) is 0 Å². The number of hydrogen-bond donors (Lipinski definition) is 0. The first-order valence-corrected chi connectivity index (χ1v) is 10.0. The van der Waals surface area contributed by atoms with Crippen molar-refractivity contribution in [2.75, 3.05) is 0 Å². The summed E-state index contributed by atoms with van der Waals surface area (Å²) >= 11 is -0.627. The second-order valence-electron chi connectivity index (χ2n) is 5.50. The van der Waals surface area contributed by atoms with E-state index in [0.29, 0.717) is 3.63 Å². The molecule has 100 valence electrons. The third kappa shape index (κ3) is 2.56. The Morgan fingerprint density at radius 3 is 2.52 bits per heavy atom. The van der Waals surface area contributed by atoms with Gasteiger partial charge in [0.05, 0.1) is 0 Å². The molecule has 2 aliphatic carbocycles. The van der Waals surface area contributed by atoms with Crippen LogP contribution in [0.15, 0.2) is 76.1 Å². The van der Waals surface area contributed by atoms with Crippen LogP contribution in [0.4, 0.5) is 0 Å². The molecule has 0 spiro atoms. The maximum atomic E-state index is 2.42. The molecule has 1 unspecified atom stereocenters. The third-order valence-electron chi connectivity index (χ3n) is 4.14. The van der Waals surface area contributed by atoms with E-state index >= 15 is 0 Å². The van der Waals surface area contributed by atoms with E-state index in [-0.39, 0.29) is 0 Å². The SMILES string of the molecule is C1=CC[C]([Zr][CH]2C(c3ccccc3)=Cc3ccccc32)=C1. The number of rotatable bonds is 3. The van der Waals surface area contributed by atoms with Crippen LogP contribution in [0.25, 0.3) is 11.6 Å². The van der Waals surface area contributed by atoms with Crippen LogP contribution >= 0.6 is 0 Å². The molecule has 0 amide bonds. The van der Waals surface area contributed by atoms with Gasteiger partial charge in [0.1, 0.15) is 0 Å². The van der Waals surface area contributed by atoms with Crippen LogP contribution < -0.4 is 0 Å². The maximum absolute atomic E-state index is 2.42. The Kier molecular flexibility index (Phi) is 3.61. The van der Waals surface area contributed by atoms with Crippen molar-refractivity contribution < 1.29 is 23.2 Å². The van der Waals surface area contributed by atoms with E-state index < -0.39 is 23.2 Å². The van der Waals surface area contributed by atoms with Gasteiger partial charge in [-0.1, -0.05) is 0 Å². The Morgan fingerprint density at radius 1 is 0.905 bits per heavy atom. The van der Waals surface area contributed by atoms with E-state index in [2.05, 4.69) is 78.9 Å². The quantitative estimate of drug-likeness (QED) is 0.715. The van der Waals surface area contributed by atoms with Crippen LogP contribution in [0.3, 0.4) is 0 Å². The zero-order valence-electron chi connectivity index (χ0n) is 11.8. The molecule has 0 N–H and O–H groups in total. The summed E-state index contributed by atoms with van der Waals surface area (Å²) in [5.41, 5.74) is 5.91. The van der Waals surface area contributed by atoms with Gasteiger partial charge >= 0.3 is 138 Å². The predicted molar refractivity (Wildman–Crippen MR) is 85.3 cm³/mol. The molecule has 0 saturated carbocycles. The van der Waals surface area contributed by atoms with Gasteiger partial charge in [0.15, 0.2) is 0 Å². The van der Waals surface area contributed by atoms with E-state index in [1.165, 1.54) is 23.1 Å². The summed E-state index contributed by atoms with van der Waals surface area (Å²) in [6.07, 6.45) is 10.5. The number of allylic oxidation sites excluding steroid dienone is 5. The van der Waals surface area contributed by atoms with Crippen LogP contribution in [0, 0.1) is 0 Å². The molecule has 21 heavy (non-hydrogen) atoms. The number of benzene rings is 2. The van der Waals surface area contributed by atoms with E-state index in [1.807, 2.05) is 0 Å². The normalized spacial score (nSPS) is 19.1. The van der Waals surface area contributed by atoms with Crippen molar-refractivity contribution in [1.82, 2.24) is 0 Å². The summed E-state index contributed by atoms with van der Waals surface area (Å²) in [7, 11) is 0. The van der Waals surface area contributed by atoms with Gasteiger partial charge in [-0.25, -0.2) is 0 Å². The molecule has 0 heterocycles. The molecule has 2 aromatic rings. The van der Waals surface area contributed by atoms with Crippen LogP contribution in [0.2, 0.25) is 0 Å². The molecular weight excluding hydrogens is 331 g/mol. The van der Waals surface area contributed by atoms with Gasteiger partial charge in [0.2, 0.25) is 0 Å². The molecule has 0 aliphatic heterocycles. The molecule has 0 saturated heterocycles. The summed E-state index contributed by atoms with van der Waals surface area (Å²) < 4.78 is 2.38. The molecule has 2 aromatic carbocycles. The van der Waals surface area contributed by atoms with Crippen molar-refractivity contribution in [3.8, 4) is 0 Å². The molecular formula is C20H16Zr. The Morgan fingerprint density at radius 2 is 1.71 bits per heavy atom. The third-order valence-corrected chi connectivity index (χ3v) is 8.20. The monoisotopic (exact) mass is 346 g/mol. The summed E-state index contributed by atoms with van der Waals surface area (Å²) in [5.74, 6) is 0. The molecule has 4 rings (SSSR count). The van der Waals surface area contributed by atoms with Crippen molar-refractivity contribution >= 4 is 11.6 Å². The molecule has 0 radical (unpaired) electrons. The van der Waals surface area contributed by atoms with Crippen molar-refractivity contribution in [3.05, 3.63) is 92.8 Å². The van der Waals surface area contributed by atoms with Crippen LogP contribution in [-0.4, -0.2) is 0 Å². The molecule has 0 nitrogen and oxygen atoms in total. The van der Waals surface area contributed by atoms with Gasteiger partial charge in [-0.05, 0) is 0 Å². The summed E-state index contributed by atoms with van der Waals surface area (Å²) in [5, 5.41) is 0. The predicted octanol–water partition coefficient (Wildman–Crippen LogP) is 5.21. The Balaban J connectivity index is 1.74. The topological polar surface area (TPSA) is 0 Å². The number of hydrogen-bond acceptors (Lipinski definition) is 0. The fourth-order valence-corrected chi connectivity index (χ4v) is 7.09. The molecule has 0 bridgehead atoms. The Bertz CT molecular complexity index is 750. The summed E-state index contributed by atoms with van der Waals surface area (Å²) in [6.45, 7) is 0. The first-order valence-electron chi connectivity index (χ1n) is 7.40. The first-order chi connectivity index (χ1) is 10.4. The standard InChI is InChI=1S/C15H11.C5H5.Zr/c1-2-6-12(7-3-1)15-10-13-8-4-5-9-14(13)11-15;1-2-4-5-3-1;/h1-11H;1-3H,4H2;. The van der Waals surface area contributed by atoms with Crippen molar-refractivity contribution in [2.24, 2.45) is 0 Å². The van der Waals surface area contributed by atoms with Crippen molar-refractivity contribution in [3.63, 3.8) is 0 Å². The van der Waals surface area contributed by atoms with E-state index in [0.717, 1.165) is 0 Å². The van der Waals surface area contributed by atoms with Crippen molar-refractivity contribution in [1.29, 1.82) is 0 Å². The fourth-order valence-electron chi connectivity index (χ4n) is 3.10. The van der Waals surface area contributed by atoms with Gasteiger partial charge in [-0.2, -0.15) is 0 Å². The zero-order chi connectivity index (χ0) is 14.1.